The molecule has 0 saturated carbocycles. The number of hydrogen-bond donors (Lipinski definition) is 0. The molecular formula is C43H79NO2. The fourth-order valence-electron chi connectivity index (χ4n) is 6.15. The van der Waals surface area contributed by atoms with E-state index in [4.69, 9.17) is 9.47 Å². The Bertz CT molecular complexity index is 706. The molecule has 268 valence electrons. The van der Waals surface area contributed by atoms with Gasteiger partial charge in [-0.3, -0.25) is 0 Å². The van der Waals surface area contributed by atoms with Crippen molar-refractivity contribution < 1.29 is 9.47 Å². The van der Waals surface area contributed by atoms with Gasteiger partial charge in [0.25, 0.3) is 0 Å². The molecule has 46 heavy (non-hydrogen) atoms. The lowest BCUT2D eigenvalue weighted by molar-refractivity contribution is -0.0316. The van der Waals surface area contributed by atoms with Crippen LogP contribution in [0, 0.1) is 0 Å². The Labute approximate surface area is 288 Å². The van der Waals surface area contributed by atoms with Crippen LogP contribution < -0.4 is 0 Å². The van der Waals surface area contributed by atoms with Gasteiger partial charge in [0.2, 0.25) is 0 Å². The Balaban J connectivity index is 1.97. The summed E-state index contributed by atoms with van der Waals surface area (Å²) in [6.45, 7) is 10.6. The van der Waals surface area contributed by atoms with Gasteiger partial charge in [-0.05, 0) is 103 Å². The molecule has 0 aromatic carbocycles. The maximum absolute atomic E-state index is 6.37. The van der Waals surface area contributed by atoms with E-state index in [-0.39, 0.29) is 6.10 Å². The molecule has 0 N–H and O–H groups in total. The van der Waals surface area contributed by atoms with E-state index in [9.17, 15) is 0 Å². The van der Waals surface area contributed by atoms with Gasteiger partial charge >= 0.3 is 0 Å². The van der Waals surface area contributed by atoms with Gasteiger partial charge in [0.05, 0.1) is 12.7 Å². The predicted octanol–water partition coefficient (Wildman–Crippen LogP) is 13.1. The van der Waals surface area contributed by atoms with Gasteiger partial charge in [-0.1, -0.05) is 140 Å². The fraction of sp³-hybridized carbons (Fsp3) is 0.814. The van der Waals surface area contributed by atoms with Gasteiger partial charge < -0.3 is 14.4 Å². The summed E-state index contributed by atoms with van der Waals surface area (Å²) in [7, 11) is 0. The predicted molar refractivity (Wildman–Crippen MR) is 205 cm³/mol. The van der Waals surface area contributed by atoms with Crippen LogP contribution in [0.5, 0.6) is 0 Å². The van der Waals surface area contributed by atoms with Crippen LogP contribution >= 0.6 is 0 Å². The third-order valence-electron chi connectivity index (χ3n) is 9.15. The quantitative estimate of drug-likeness (QED) is 0.0508. The second-order valence-electron chi connectivity index (χ2n) is 13.7. The van der Waals surface area contributed by atoms with Crippen LogP contribution in [-0.4, -0.2) is 50.5 Å². The lowest BCUT2D eigenvalue weighted by Gasteiger charge is -2.24. The number of nitrogens with zero attached hydrogens (tertiary/aromatic N) is 1. The highest BCUT2D eigenvalue weighted by Crippen LogP contribution is 2.13. The largest absolute Gasteiger partial charge is 0.379 e. The molecule has 1 aliphatic rings. The third-order valence-corrected chi connectivity index (χ3v) is 9.15. The Hall–Kier alpha value is -1.16. The summed E-state index contributed by atoms with van der Waals surface area (Å²) in [5.74, 6) is 0. The van der Waals surface area contributed by atoms with Gasteiger partial charge in [0.15, 0.2) is 0 Å². The normalized spacial score (nSPS) is 15.2. The molecule has 0 aromatic rings. The SMILES string of the molecule is CCCCC/C=C\C/C=C\CCCCCCCCOC[C@@H](CN1CCCC1)OCCCCCCCC/C=C\C/C=C\CCCCC. The van der Waals surface area contributed by atoms with Crippen molar-refractivity contribution in [3.63, 3.8) is 0 Å². The first kappa shape index (κ1) is 42.9. The molecule has 1 aliphatic heterocycles. The number of allylic oxidation sites excluding steroid dienone is 8. The molecular weight excluding hydrogens is 562 g/mol. The second kappa shape index (κ2) is 36.7. The molecule has 0 amide bonds. The fourth-order valence-corrected chi connectivity index (χ4v) is 6.15. The average molecular weight is 642 g/mol. The van der Waals surface area contributed by atoms with Crippen molar-refractivity contribution in [3.8, 4) is 0 Å². The van der Waals surface area contributed by atoms with E-state index in [2.05, 4.69) is 67.4 Å². The van der Waals surface area contributed by atoms with Crippen molar-refractivity contribution in [1.29, 1.82) is 0 Å². The second-order valence-corrected chi connectivity index (χ2v) is 13.7. The van der Waals surface area contributed by atoms with E-state index in [1.807, 2.05) is 0 Å². The molecule has 0 spiro atoms. The lowest BCUT2D eigenvalue weighted by Crippen LogP contribution is -2.35. The first-order chi connectivity index (χ1) is 22.9. The number of hydrogen-bond acceptors (Lipinski definition) is 3. The number of ether oxygens (including phenoxy) is 2. The van der Waals surface area contributed by atoms with E-state index >= 15 is 0 Å². The lowest BCUT2D eigenvalue weighted by atomic mass is 10.1. The number of unbranched alkanes of at least 4 members (excludes halogenated alkanes) is 18. The summed E-state index contributed by atoms with van der Waals surface area (Å²) < 4.78 is 12.5. The van der Waals surface area contributed by atoms with Crippen LogP contribution in [0.1, 0.15) is 181 Å². The smallest absolute Gasteiger partial charge is 0.0934 e. The standard InChI is InChI=1S/C43H79NO2/c1-3-5-7-9-11-13-15-17-19-21-23-25-27-29-31-35-39-45-42-43(41-44-37-33-34-38-44)46-40-36-32-30-28-26-24-22-20-18-16-14-12-10-8-6-4-2/h11-14,17-20,43H,3-10,15-16,21-42H2,1-2H3/b13-11-,14-12-,19-17-,20-18-/t43-/m1/s1. The van der Waals surface area contributed by atoms with E-state index in [1.165, 1.54) is 167 Å². The van der Waals surface area contributed by atoms with Gasteiger partial charge in [-0.25, -0.2) is 0 Å². The molecule has 0 aromatic heterocycles. The first-order valence-corrected chi connectivity index (χ1v) is 20.4. The van der Waals surface area contributed by atoms with Gasteiger partial charge in [0.1, 0.15) is 0 Å². The van der Waals surface area contributed by atoms with E-state index in [1.54, 1.807) is 0 Å². The monoisotopic (exact) mass is 642 g/mol. The summed E-state index contributed by atoms with van der Waals surface area (Å²) in [5, 5.41) is 0. The molecule has 1 rings (SSSR count). The minimum absolute atomic E-state index is 0.237. The van der Waals surface area contributed by atoms with Crippen LogP contribution in [0.15, 0.2) is 48.6 Å². The average Bonchev–Trinajstić information content (AvgIpc) is 3.58. The molecule has 1 saturated heterocycles. The zero-order chi connectivity index (χ0) is 32.9. The Morgan fingerprint density at radius 3 is 1.37 bits per heavy atom. The summed E-state index contributed by atoms with van der Waals surface area (Å²) in [4.78, 5) is 2.58. The Morgan fingerprint density at radius 2 is 0.891 bits per heavy atom. The zero-order valence-corrected chi connectivity index (χ0v) is 31.1. The van der Waals surface area contributed by atoms with Crippen molar-refractivity contribution in [2.45, 2.75) is 187 Å². The maximum Gasteiger partial charge on any atom is 0.0934 e. The van der Waals surface area contributed by atoms with Gasteiger partial charge in [-0.2, -0.15) is 0 Å². The molecule has 1 atom stereocenters. The Kier molecular flexibility index (Phi) is 34.2. The van der Waals surface area contributed by atoms with Crippen LogP contribution in [0.3, 0.4) is 0 Å². The molecule has 0 radical (unpaired) electrons. The van der Waals surface area contributed by atoms with Crippen molar-refractivity contribution in [2.75, 3.05) is 39.5 Å². The molecule has 0 bridgehead atoms. The summed E-state index contributed by atoms with van der Waals surface area (Å²) in [5.41, 5.74) is 0. The maximum atomic E-state index is 6.37. The highest BCUT2D eigenvalue weighted by Gasteiger charge is 2.18. The van der Waals surface area contributed by atoms with Gasteiger partial charge in [-0.15, -0.1) is 0 Å². The van der Waals surface area contributed by atoms with Gasteiger partial charge in [0, 0.05) is 19.8 Å². The minimum atomic E-state index is 0.237. The summed E-state index contributed by atoms with van der Waals surface area (Å²) in [6.07, 6.45) is 52.7. The van der Waals surface area contributed by atoms with Crippen LogP contribution in [0.25, 0.3) is 0 Å². The van der Waals surface area contributed by atoms with E-state index in [0.29, 0.717) is 0 Å². The van der Waals surface area contributed by atoms with Crippen molar-refractivity contribution in [1.82, 2.24) is 4.90 Å². The third kappa shape index (κ3) is 31.4. The molecule has 1 heterocycles. The minimum Gasteiger partial charge on any atom is -0.379 e. The highest BCUT2D eigenvalue weighted by atomic mass is 16.5. The topological polar surface area (TPSA) is 21.7 Å². The molecule has 1 fully saturated rings. The van der Waals surface area contributed by atoms with Crippen molar-refractivity contribution in [2.24, 2.45) is 0 Å². The molecule has 3 heteroatoms. The molecule has 0 unspecified atom stereocenters. The van der Waals surface area contributed by atoms with Crippen LogP contribution in [-0.2, 0) is 9.47 Å². The molecule has 0 aliphatic carbocycles. The zero-order valence-electron chi connectivity index (χ0n) is 31.1. The molecule has 3 nitrogen and oxygen atoms in total. The van der Waals surface area contributed by atoms with Crippen LogP contribution in [0.2, 0.25) is 0 Å². The Morgan fingerprint density at radius 1 is 0.478 bits per heavy atom. The van der Waals surface area contributed by atoms with E-state index < -0.39 is 0 Å². The highest BCUT2D eigenvalue weighted by molar-refractivity contribution is 4.93. The van der Waals surface area contributed by atoms with Crippen molar-refractivity contribution in [3.05, 3.63) is 48.6 Å². The number of rotatable bonds is 35. The number of likely N-dealkylation sites (tertiary alicyclic amines) is 1. The first-order valence-electron chi connectivity index (χ1n) is 20.4. The van der Waals surface area contributed by atoms with Crippen molar-refractivity contribution >= 4 is 0 Å². The summed E-state index contributed by atoms with van der Waals surface area (Å²) >= 11 is 0. The van der Waals surface area contributed by atoms with E-state index in [0.717, 1.165) is 39.2 Å². The summed E-state index contributed by atoms with van der Waals surface area (Å²) in [6, 6.07) is 0. The van der Waals surface area contributed by atoms with Crippen LogP contribution in [0.4, 0.5) is 0 Å².